The molecule has 2 rings (SSSR count). The molecule has 1 heterocycles. The zero-order valence-electron chi connectivity index (χ0n) is 9.33. The minimum absolute atomic E-state index is 0.0526. The Bertz CT molecular complexity index is 447. The number of rotatable bonds is 4. The van der Waals surface area contributed by atoms with Crippen LogP contribution in [0.3, 0.4) is 0 Å². The van der Waals surface area contributed by atoms with Gasteiger partial charge in [0.05, 0.1) is 13.0 Å². The molecule has 2 N–H and O–H groups in total. The van der Waals surface area contributed by atoms with E-state index in [0.717, 1.165) is 0 Å². The van der Waals surface area contributed by atoms with Crippen molar-refractivity contribution in [1.29, 1.82) is 0 Å². The summed E-state index contributed by atoms with van der Waals surface area (Å²) in [6, 6.07) is 1.60. The number of carboxylic acids is 1. The van der Waals surface area contributed by atoms with Gasteiger partial charge in [0.15, 0.2) is 0 Å². The highest BCUT2D eigenvalue weighted by atomic mass is 16.5. The van der Waals surface area contributed by atoms with E-state index in [0.29, 0.717) is 18.2 Å². The van der Waals surface area contributed by atoms with Crippen LogP contribution in [-0.2, 0) is 4.79 Å². The summed E-state index contributed by atoms with van der Waals surface area (Å²) in [5.74, 6) is -0.334. The number of hydrogen-bond donors (Lipinski definition) is 2. The van der Waals surface area contributed by atoms with Gasteiger partial charge in [-0.25, -0.2) is 4.98 Å². The van der Waals surface area contributed by atoms with Gasteiger partial charge in [-0.1, -0.05) is 12.2 Å². The van der Waals surface area contributed by atoms with Gasteiger partial charge in [0.25, 0.3) is 0 Å². The molecule has 1 aromatic rings. The van der Waals surface area contributed by atoms with Crippen LogP contribution < -0.4 is 10.1 Å². The van der Waals surface area contributed by atoms with Gasteiger partial charge in [-0.2, -0.15) is 4.98 Å². The van der Waals surface area contributed by atoms with Crippen molar-refractivity contribution in [2.45, 2.75) is 12.5 Å². The Morgan fingerprint density at radius 3 is 3.06 bits per heavy atom. The summed E-state index contributed by atoms with van der Waals surface area (Å²) in [7, 11) is 1.53. The van der Waals surface area contributed by atoms with Gasteiger partial charge < -0.3 is 15.2 Å². The number of carbonyl (C=O) groups is 1. The molecule has 0 aromatic carbocycles. The zero-order chi connectivity index (χ0) is 12.3. The minimum Gasteiger partial charge on any atom is -0.481 e. The fraction of sp³-hybridized carbons (Fsp3) is 0.364. The number of carboxylic acid groups (broad SMARTS) is 1. The van der Waals surface area contributed by atoms with Crippen LogP contribution in [0.4, 0.5) is 5.95 Å². The van der Waals surface area contributed by atoms with Crippen LogP contribution in [0.5, 0.6) is 5.88 Å². The lowest BCUT2D eigenvalue weighted by Crippen LogP contribution is -2.20. The molecule has 0 aliphatic heterocycles. The molecule has 0 fully saturated rings. The quantitative estimate of drug-likeness (QED) is 0.755. The molecule has 6 heteroatoms. The van der Waals surface area contributed by atoms with Crippen molar-refractivity contribution in [3.63, 3.8) is 0 Å². The van der Waals surface area contributed by atoms with E-state index in [4.69, 9.17) is 9.84 Å². The predicted molar refractivity (Wildman–Crippen MR) is 60.9 cm³/mol. The van der Waals surface area contributed by atoms with E-state index in [2.05, 4.69) is 15.3 Å². The monoisotopic (exact) mass is 235 g/mol. The first kappa shape index (κ1) is 11.4. The second-order valence-electron chi connectivity index (χ2n) is 3.74. The number of anilines is 1. The lowest BCUT2D eigenvalue weighted by Gasteiger charge is -2.12. The molecule has 0 saturated heterocycles. The molecule has 2 unspecified atom stereocenters. The number of ether oxygens (including phenoxy) is 1. The Kier molecular flexibility index (Phi) is 3.22. The van der Waals surface area contributed by atoms with Gasteiger partial charge in [0.1, 0.15) is 0 Å². The minimum atomic E-state index is -0.808. The summed E-state index contributed by atoms with van der Waals surface area (Å²) in [5, 5.41) is 11.9. The Labute approximate surface area is 98.3 Å². The number of aliphatic carboxylic acids is 1. The number of nitrogens with one attached hydrogen (secondary N) is 1. The molecule has 1 aromatic heterocycles. The average molecular weight is 235 g/mol. The van der Waals surface area contributed by atoms with E-state index in [1.807, 2.05) is 6.08 Å². The third-order valence-corrected chi connectivity index (χ3v) is 2.55. The first-order valence-corrected chi connectivity index (χ1v) is 5.23. The largest absolute Gasteiger partial charge is 0.481 e. The Morgan fingerprint density at radius 2 is 2.41 bits per heavy atom. The number of methoxy groups -OCH3 is 1. The SMILES string of the molecule is COc1ccnc(NC2C=CC(C(=O)O)C2)n1. The van der Waals surface area contributed by atoms with Crippen LogP contribution in [0, 0.1) is 5.92 Å². The standard InChI is InChI=1S/C11H13N3O3/c1-17-9-4-5-12-11(14-9)13-8-3-2-7(6-8)10(15)16/h2-5,7-8H,6H2,1H3,(H,15,16)(H,12,13,14). The maximum atomic E-state index is 10.8. The molecular formula is C11H13N3O3. The first-order valence-electron chi connectivity index (χ1n) is 5.23. The molecule has 0 saturated carbocycles. The van der Waals surface area contributed by atoms with Crippen molar-refractivity contribution in [1.82, 2.24) is 9.97 Å². The summed E-state index contributed by atoms with van der Waals surface area (Å²) >= 11 is 0. The second kappa shape index (κ2) is 4.82. The van der Waals surface area contributed by atoms with Crippen molar-refractivity contribution in [2.75, 3.05) is 12.4 Å². The lowest BCUT2D eigenvalue weighted by molar-refractivity contribution is -0.140. The number of aromatic nitrogens is 2. The van der Waals surface area contributed by atoms with Gasteiger partial charge >= 0.3 is 5.97 Å². The normalized spacial score (nSPS) is 22.4. The fourth-order valence-corrected chi connectivity index (χ4v) is 1.68. The molecule has 0 amide bonds. The molecular weight excluding hydrogens is 222 g/mol. The van der Waals surface area contributed by atoms with E-state index < -0.39 is 11.9 Å². The van der Waals surface area contributed by atoms with Crippen molar-refractivity contribution < 1.29 is 14.6 Å². The number of nitrogens with zero attached hydrogens (tertiary/aromatic N) is 2. The van der Waals surface area contributed by atoms with E-state index in [-0.39, 0.29) is 6.04 Å². The molecule has 17 heavy (non-hydrogen) atoms. The average Bonchev–Trinajstić information content (AvgIpc) is 2.78. The lowest BCUT2D eigenvalue weighted by atomic mass is 10.1. The number of hydrogen-bond acceptors (Lipinski definition) is 5. The molecule has 0 bridgehead atoms. The fourth-order valence-electron chi connectivity index (χ4n) is 1.68. The third kappa shape index (κ3) is 2.72. The van der Waals surface area contributed by atoms with Gasteiger partial charge in [-0.15, -0.1) is 0 Å². The van der Waals surface area contributed by atoms with Crippen molar-refractivity contribution in [3.8, 4) is 5.88 Å². The molecule has 90 valence electrons. The summed E-state index contributed by atoms with van der Waals surface area (Å²) in [6.07, 6.45) is 5.60. The van der Waals surface area contributed by atoms with E-state index in [9.17, 15) is 4.79 Å². The Balaban J connectivity index is 1.98. The van der Waals surface area contributed by atoms with Crippen LogP contribution in [0.1, 0.15) is 6.42 Å². The second-order valence-corrected chi connectivity index (χ2v) is 3.74. The first-order chi connectivity index (χ1) is 8.19. The summed E-state index contributed by atoms with van der Waals surface area (Å²) < 4.78 is 4.98. The van der Waals surface area contributed by atoms with Crippen molar-refractivity contribution >= 4 is 11.9 Å². The van der Waals surface area contributed by atoms with Crippen molar-refractivity contribution in [3.05, 3.63) is 24.4 Å². The Hall–Kier alpha value is -2.11. The smallest absolute Gasteiger partial charge is 0.310 e. The van der Waals surface area contributed by atoms with E-state index in [1.165, 1.54) is 7.11 Å². The maximum absolute atomic E-state index is 10.8. The molecule has 1 aliphatic rings. The van der Waals surface area contributed by atoms with Crippen molar-refractivity contribution in [2.24, 2.45) is 5.92 Å². The topological polar surface area (TPSA) is 84.3 Å². The van der Waals surface area contributed by atoms with Gasteiger partial charge in [-0.05, 0) is 6.42 Å². The molecule has 0 radical (unpaired) electrons. The zero-order valence-corrected chi connectivity index (χ0v) is 9.33. The highest BCUT2D eigenvalue weighted by Crippen LogP contribution is 2.20. The highest BCUT2D eigenvalue weighted by Gasteiger charge is 2.24. The maximum Gasteiger partial charge on any atom is 0.310 e. The van der Waals surface area contributed by atoms with Crippen LogP contribution in [0.2, 0.25) is 0 Å². The molecule has 2 atom stereocenters. The van der Waals surface area contributed by atoms with Gasteiger partial charge in [-0.3, -0.25) is 4.79 Å². The molecule has 0 spiro atoms. The van der Waals surface area contributed by atoms with Crippen LogP contribution >= 0.6 is 0 Å². The Morgan fingerprint density at radius 1 is 1.59 bits per heavy atom. The summed E-state index contributed by atoms with van der Waals surface area (Å²) in [5.41, 5.74) is 0. The van der Waals surface area contributed by atoms with Gasteiger partial charge in [0, 0.05) is 18.3 Å². The van der Waals surface area contributed by atoms with Crippen LogP contribution in [-0.4, -0.2) is 34.2 Å². The van der Waals surface area contributed by atoms with E-state index in [1.54, 1.807) is 18.3 Å². The third-order valence-electron chi connectivity index (χ3n) is 2.55. The van der Waals surface area contributed by atoms with Crippen LogP contribution in [0.25, 0.3) is 0 Å². The predicted octanol–water partition coefficient (Wildman–Crippen LogP) is 0.926. The molecule has 1 aliphatic carbocycles. The van der Waals surface area contributed by atoms with E-state index >= 15 is 0 Å². The summed E-state index contributed by atoms with van der Waals surface area (Å²) in [4.78, 5) is 18.9. The van der Waals surface area contributed by atoms with Crippen LogP contribution in [0.15, 0.2) is 24.4 Å². The summed E-state index contributed by atoms with van der Waals surface area (Å²) in [6.45, 7) is 0. The highest BCUT2D eigenvalue weighted by molar-refractivity contribution is 5.73. The van der Waals surface area contributed by atoms with Gasteiger partial charge in [0.2, 0.25) is 11.8 Å². The molecule has 6 nitrogen and oxygen atoms in total.